The summed E-state index contributed by atoms with van der Waals surface area (Å²) in [4.78, 5) is 9.13. The topological polar surface area (TPSA) is 118 Å². The van der Waals surface area contributed by atoms with Gasteiger partial charge in [-0.25, -0.2) is 9.97 Å². The number of methoxy groups -OCH3 is 2. The first kappa shape index (κ1) is 22.2. The lowest BCUT2D eigenvalue weighted by Gasteiger charge is -2.09. The van der Waals surface area contributed by atoms with Gasteiger partial charge in [0.2, 0.25) is 5.75 Å². The van der Waals surface area contributed by atoms with Crippen LogP contribution in [0.5, 0.6) is 28.7 Å². The van der Waals surface area contributed by atoms with Crippen molar-refractivity contribution in [3.63, 3.8) is 0 Å². The van der Waals surface area contributed by atoms with E-state index in [1.165, 1.54) is 44.2 Å². The maximum absolute atomic E-state index is 10.8. The number of anilines is 1. The monoisotopic (exact) mass is 466 g/mol. The number of fused-ring (bicyclic) bond motifs is 1. The van der Waals surface area contributed by atoms with E-state index in [0.29, 0.717) is 44.6 Å². The highest BCUT2D eigenvalue weighted by atomic mass is 32.1. The molecule has 0 aliphatic carbocycles. The quantitative estimate of drug-likeness (QED) is 0.254. The number of benzene rings is 2. The van der Waals surface area contributed by atoms with Crippen molar-refractivity contribution in [1.82, 2.24) is 9.97 Å². The predicted octanol–water partition coefficient (Wildman–Crippen LogP) is 4.63. The average molecular weight is 467 g/mol. The number of hydrogen-bond acceptors (Lipinski definition) is 10. The zero-order chi connectivity index (χ0) is 23.4. The number of nitrogens with one attached hydrogen (secondary N) is 1. The maximum Gasteiger partial charge on any atom is 0.203 e. The Morgan fingerprint density at radius 3 is 2.67 bits per heavy atom. The van der Waals surface area contributed by atoms with Crippen LogP contribution < -0.4 is 19.6 Å². The molecule has 0 unspecified atom stereocenters. The molecule has 0 radical (unpaired) electrons. The van der Waals surface area contributed by atoms with Crippen molar-refractivity contribution in [3.8, 4) is 39.2 Å². The van der Waals surface area contributed by atoms with Gasteiger partial charge in [-0.2, -0.15) is 5.10 Å². The van der Waals surface area contributed by atoms with Crippen molar-refractivity contribution in [2.24, 2.45) is 5.10 Å². The second kappa shape index (κ2) is 9.61. The van der Waals surface area contributed by atoms with E-state index in [2.05, 4.69) is 20.5 Å². The van der Waals surface area contributed by atoms with Crippen LogP contribution in [0.1, 0.15) is 12.5 Å². The van der Waals surface area contributed by atoms with Gasteiger partial charge >= 0.3 is 0 Å². The minimum Gasteiger partial charge on any atom is -0.504 e. The Kier molecular flexibility index (Phi) is 6.45. The fraction of sp³-hybridized carbons (Fsp3) is 0.174. The lowest BCUT2D eigenvalue weighted by molar-refractivity contribution is 0.333. The molecule has 0 spiro atoms. The van der Waals surface area contributed by atoms with E-state index >= 15 is 0 Å². The lowest BCUT2D eigenvalue weighted by Crippen LogP contribution is -1.96. The van der Waals surface area contributed by atoms with Gasteiger partial charge in [-0.15, -0.1) is 11.3 Å². The third kappa shape index (κ3) is 4.33. The Morgan fingerprint density at radius 2 is 1.91 bits per heavy atom. The van der Waals surface area contributed by atoms with E-state index in [0.717, 1.165) is 5.56 Å². The standard InChI is InChI=1S/C23H22N4O5S/c1-4-32-16-8-6-5-7-14(16)21-19(29)18-22(33-21)23(25-12-24-18)27-26-11-13-9-15(28)20(31-3)17(10-13)30-2/h5-12,28-29H,4H2,1-3H3,(H,24,25,27)/b26-11+. The molecule has 0 bridgehead atoms. The summed E-state index contributed by atoms with van der Waals surface area (Å²) >= 11 is 1.34. The highest BCUT2D eigenvalue weighted by Crippen LogP contribution is 2.47. The van der Waals surface area contributed by atoms with Gasteiger partial charge in [0.15, 0.2) is 23.1 Å². The maximum atomic E-state index is 10.8. The number of para-hydroxylation sites is 1. The van der Waals surface area contributed by atoms with Gasteiger partial charge in [0, 0.05) is 11.1 Å². The summed E-state index contributed by atoms with van der Waals surface area (Å²) in [5.74, 6) is 1.72. The smallest absolute Gasteiger partial charge is 0.203 e. The molecule has 2 aromatic heterocycles. The van der Waals surface area contributed by atoms with Crippen LogP contribution in [0, 0.1) is 0 Å². The molecule has 4 rings (SSSR count). The number of nitrogens with zero attached hydrogens (tertiary/aromatic N) is 3. The Bertz CT molecular complexity index is 1320. The van der Waals surface area contributed by atoms with Crippen molar-refractivity contribution in [2.45, 2.75) is 6.92 Å². The van der Waals surface area contributed by atoms with Crippen LogP contribution >= 0.6 is 11.3 Å². The van der Waals surface area contributed by atoms with E-state index in [4.69, 9.17) is 14.2 Å². The number of hydrogen-bond donors (Lipinski definition) is 3. The summed E-state index contributed by atoms with van der Waals surface area (Å²) in [6, 6.07) is 10.7. The number of ether oxygens (including phenoxy) is 3. The molecule has 10 heteroatoms. The number of aromatic hydroxyl groups is 2. The number of hydrazone groups is 1. The minimum atomic E-state index is -0.0662. The van der Waals surface area contributed by atoms with Gasteiger partial charge in [-0.3, -0.25) is 5.43 Å². The average Bonchev–Trinajstić information content (AvgIpc) is 3.16. The van der Waals surface area contributed by atoms with E-state index in [1.54, 1.807) is 6.07 Å². The Morgan fingerprint density at radius 1 is 1.09 bits per heavy atom. The molecule has 0 atom stereocenters. The Balaban J connectivity index is 1.67. The summed E-state index contributed by atoms with van der Waals surface area (Å²) in [5, 5.41) is 25.2. The minimum absolute atomic E-state index is 0.0568. The third-order valence-corrected chi connectivity index (χ3v) is 5.95. The molecule has 2 heterocycles. The zero-order valence-electron chi connectivity index (χ0n) is 18.2. The molecule has 0 aliphatic heterocycles. The van der Waals surface area contributed by atoms with Crippen molar-refractivity contribution in [1.29, 1.82) is 0 Å². The second-order valence-corrected chi connectivity index (χ2v) is 7.78. The Labute approximate surface area is 193 Å². The normalized spacial score (nSPS) is 11.1. The number of thiophene rings is 1. The second-order valence-electron chi connectivity index (χ2n) is 6.75. The summed E-state index contributed by atoms with van der Waals surface area (Å²) in [5.41, 5.74) is 4.66. The fourth-order valence-corrected chi connectivity index (χ4v) is 4.42. The summed E-state index contributed by atoms with van der Waals surface area (Å²) in [6.45, 7) is 2.42. The van der Waals surface area contributed by atoms with Crippen LogP contribution in [0.25, 0.3) is 20.7 Å². The van der Waals surface area contributed by atoms with Gasteiger partial charge < -0.3 is 24.4 Å². The molecule has 0 aliphatic rings. The van der Waals surface area contributed by atoms with E-state index in [9.17, 15) is 10.2 Å². The molecule has 3 N–H and O–H groups in total. The first-order valence-corrected chi connectivity index (χ1v) is 10.8. The summed E-state index contributed by atoms with van der Waals surface area (Å²) in [7, 11) is 2.93. The summed E-state index contributed by atoms with van der Waals surface area (Å²) in [6.07, 6.45) is 2.86. The molecule has 0 amide bonds. The van der Waals surface area contributed by atoms with Gasteiger partial charge in [0.05, 0.1) is 31.9 Å². The van der Waals surface area contributed by atoms with Crippen LogP contribution in [0.15, 0.2) is 47.8 Å². The van der Waals surface area contributed by atoms with Crippen LogP contribution in [-0.4, -0.2) is 47.2 Å². The molecule has 33 heavy (non-hydrogen) atoms. The van der Waals surface area contributed by atoms with E-state index < -0.39 is 0 Å². The molecule has 0 saturated carbocycles. The van der Waals surface area contributed by atoms with Crippen molar-refractivity contribution in [3.05, 3.63) is 48.3 Å². The molecule has 0 fully saturated rings. The fourth-order valence-electron chi connectivity index (χ4n) is 3.30. The third-order valence-electron chi connectivity index (χ3n) is 4.74. The highest BCUT2D eigenvalue weighted by Gasteiger charge is 2.20. The first-order valence-electron chi connectivity index (χ1n) is 10.00. The predicted molar refractivity (Wildman–Crippen MR) is 128 cm³/mol. The molecule has 9 nitrogen and oxygen atoms in total. The van der Waals surface area contributed by atoms with Crippen molar-refractivity contribution in [2.75, 3.05) is 26.3 Å². The number of rotatable bonds is 8. The number of phenolic OH excluding ortho intramolecular Hbond substituents is 1. The molecule has 0 saturated heterocycles. The van der Waals surface area contributed by atoms with E-state index in [1.807, 2.05) is 31.2 Å². The largest absolute Gasteiger partial charge is 0.504 e. The molecule has 2 aromatic carbocycles. The SMILES string of the molecule is CCOc1ccccc1-c1sc2c(N/N=C/c3cc(O)c(OC)c(OC)c3)ncnc2c1O. The highest BCUT2D eigenvalue weighted by molar-refractivity contribution is 7.23. The van der Waals surface area contributed by atoms with Crippen LogP contribution in [0.2, 0.25) is 0 Å². The van der Waals surface area contributed by atoms with Crippen LogP contribution in [0.3, 0.4) is 0 Å². The lowest BCUT2D eigenvalue weighted by atomic mass is 10.1. The van der Waals surface area contributed by atoms with Crippen LogP contribution in [-0.2, 0) is 0 Å². The van der Waals surface area contributed by atoms with Gasteiger partial charge in [0.25, 0.3) is 0 Å². The van der Waals surface area contributed by atoms with Gasteiger partial charge in [-0.1, -0.05) is 12.1 Å². The van der Waals surface area contributed by atoms with Crippen LogP contribution in [0.4, 0.5) is 5.82 Å². The summed E-state index contributed by atoms with van der Waals surface area (Å²) < 4.78 is 16.7. The van der Waals surface area contributed by atoms with Gasteiger partial charge in [0.1, 0.15) is 22.3 Å². The van der Waals surface area contributed by atoms with Crippen molar-refractivity contribution >= 4 is 33.6 Å². The molecule has 170 valence electrons. The van der Waals surface area contributed by atoms with E-state index in [-0.39, 0.29) is 17.2 Å². The molecular formula is C23H22N4O5S. The molecule has 4 aromatic rings. The van der Waals surface area contributed by atoms with Crippen molar-refractivity contribution < 1.29 is 24.4 Å². The zero-order valence-corrected chi connectivity index (χ0v) is 19.0. The molecular weight excluding hydrogens is 444 g/mol. The van der Waals surface area contributed by atoms with Gasteiger partial charge in [-0.05, 0) is 31.2 Å². The number of phenols is 1. The number of aromatic nitrogens is 2. The first-order chi connectivity index (χ1) is 16.1. The Hall–Kier alpha value is -4.05.